The zero-order valence-corrected chi connectivity index (χ0v) is 18.6. The summed E-state index contributed by atoms with van der Waals surface area (Å²) in [5.41, 5.74) is -3.92. The largest absolute Gasteiger partial charge is 0.451 e. The van der Waals surface area contributed by atoms with E-state index in [1.807, 2.05) is 0 Å². The molecule has 0 atom stereocenters. The van der Waals surface area contributed by atoms with Gasteiger partial charge in [-0.15, -0.1) is 0 Å². The van der Waals surface area contributed by atoms with E-state index in [0.717, 1.165) is 0 Å². The van der Waals surface area contributed by atoms with Gasteiger partial charge in [0.25, 0.3) is 6.29 Å². The van der Waals surface area contributed by atoms with Crippen LogP contribution in [-0.2, 0) is 32.9 Å². The van der Waals surface area contributed by atoms with Crippen molar-refractivity contribution in [2.45, 2.75) is 50.6 Å². The monoisotopic (exact) mass is 554 g/mol. The van der Waals surface area contributed by atoms with Crippen molar-refractivity contribution in [1.82, 2.24) is 0 Å². The Labute approximate surface area is 201 Å². The molecule has 0 spiro atoms. The maximum Gasteiger partial charge on any atom is 0.451 e. The van der Waals surface area contributed by atoms with Crippen molar-refractivity contribution in [3.63, 3.8) is 0 Å². The van der Waals surface area contributed by atoms with Gasteiger partial charge < -0.3 is 18.9 Å². The number of halogens is 11. The van der Waals surface area contributed by atoms with Gasteiger partial charge in [0.1, 0.15) is 46.2 Å². The summed E-state index contributed by atoms with van der Waals surface area (Å²) in [7, 11) is 0. The second kappa shape index (κ2) is 10.6. The van der Waals surface area contributed by atoms with E-state index in [2.05, 4.69) is 18.9 Å². The van der Waals surface area contributed by atoms with E-state index in [0.29, 0.717) is 18.6 Å². The summed E-state index contributed by atoms with van der Waals surface area (Å²) in [5, 5.41) is 0. The van der Waals surface area contributed by atoms with Gasteiger partial charge in [0, 0.05) is 12.1 Å². The number of benzene rings is 2. The first-order valence-electron chi connectivity index (χ1n) is 10.5. The van der Waals surface area contributed by atoms with E-state index in [9.17, 15) is 48.3 Å². The number of alkyl halides is 7. The Balaban J connectivity index is 1.66. The molecule has 4 nitrogen and oxygen atoms in total. The molecular weight excluding hydrogens is 537 g/mol. The average molecular weight is 554 g/mol. The van der Waals surface area contributed by atoms with Gasteiger partial charge in [-0.05, 0) is 24.1 Å². The molecule has 0 saturated carbocycles. The topological polar surface area (TPSA) is 36.9 Å². The molecule has 206 valence electrons. The highest BCUT2D eigenvalue weighted by atomic mass is 19.4. The Morgan fingerprint density at radius 1 is 0.784 bits per heavy atom. The molecule has 0 bridgehead atoms. The van der Waals surface area contributed by atoms with Crippen LogP contribution in [-0.4, -0.2) is 31.7 Å². The lowest BCUT2D eigenvalue weighted by atomic mass is 10.1. The molecule has 0 unspecified atom stereocenters. The van der Waals surface area contributed by atoms with Crippen LogP contribution in [0.15, 0.2) is 24.3 Å². The molecule has 0 aliphatic carbocycles. The predicted octanol–water partition coefficient (Wildman–Crippen LogP) is 6.69. The van der Waals surface area contributed by atoms with Crippen LogP contribution in [0.3, 0.4) is 0 Å². The minimum atomic E-state index is -5.45. The molecule has 2 aromatic carbocycles. The second-order valence-electron chi connectivity index (χ2n) is 7.86. The molecule has 15 heteroatoms. The number of hydrogen-bond donors (Lipinski definition) is 0. The zero-order valence-electron chi connectivity index (χ0n) is 18.6. The van der Waals surface area contributed by atoms with Crippen LogP contribution in [0.5, 0.6) is 5.75 Å². The standard InChI is InChI=1S/C22H17F11O4/c1-2-3-10-4-13(23)18(14(24)5-10)21(30,31)37-12-8-34-19(35-9-12)22(32,33)36-11-6-15(25)17(16(26)7-11)20(27,28)29/h4-7,12,19H,2-3,8-9H2,1H3. The Kier molecular flexibility index (Phi) is 8.29. The molecule has 1 saturated heterocycles. The van der Waals surface area contributed by atoms with Crippen LogP contribution >= 0.6 is 0 Å². The second-order valence-corrected chi connectivity index (χ2v) is 7.86. The van der Waals surface area contributed by atoms with Crippen molar-refractivity contribution in [1.29, 1.82) is 0 Å². The smallest absolute Gasteiger partial charge is 0.429 e. The molecule has 37 heavy (non-hydrogen) atoms. The summed E-state index contributed by atoms with van der Waals surface area (Å²) in [4.78, 5) is 0. The Morgan fingerprint density at radius 2 is 1.27 bits per heavy atom. The van der Waals surface area contributed by atoms with Gasteiger partial charge in [0.2, 0.25) is 0 Å². The fraction of sp³-hybridized carbons (Fsp3) is 0.455. The van der Waals surface area contributed by atoms with Crippen LogP contribution in [0.1, 0.15) is 30.0 Å². The predicted molar refractivity (Wildman–Crippen MR) is 102 cm³/mol. The highest BCUT2D eigenvalue weighted by molar-refractivity contribution is 5.32. The molecule has 0 N–H and O–H groups in total. The van der Waals surface area contributed by atoms with E-state index in [-0.39, 0.29) is 24.1 Å². The zero-order chi connectivity index (χ0) is 27.8. The fourth-order valence-electron chi connectivity index (χ4n) is 3.44. The summed E-state index contributed by atoms with van der Waals surface area (Å²) in [6.07, 6.45) is -18.4. The molecule has 0 amide bonds. The van der Waals surface area contributed by atoms with Crippen molar-refractivity contribution in [2.24, 2.45) is 0 Å². The lowest BCUT2D eigenvalue weighted by molar-refractivity contribution is -0.377. The van der Waals surface area contributed by atoms with Gasteiger partial charge in [-0.25, -0.2) is 17.6 Å². The maximum absolute atomic E-state index is 14.5. The van der Waals surface area contributed by atoms with Crippen molar-refractivity contribution >= 4 is 0 Å². The first-order chi connectivity index (χ1) is 17.0. The number of aryl methyl sites for hydroxylation is 1. The summed E-state index contributed by atoms with van der Waals surface area (Å²) in [6, 6.07) is 1.11. The quantitative estimate of drug-likeness (QED) is 0.341. The number of rotatable bonds is 8. The molecule has 0 aromatic heterocycles. The van der Waals surface area contributed by atoms with E-state index in [1.54, 1.807) is 6.92 Å². The minimum absolute atomic E-state index is 0.124. The summed E-state index contributed by atoms with van der Waals surface area (Å²) in [5.74, 6) is -9.02. The third-order valence-corrected chi connectivity index (χ3v) is 4.94. The van der Waals surface area contributed by atoms with E-state index in [4.69, 9.17) is 0 Å². The molecule has 3 rings (SSSR count). The summed E-state index contributed by atoms with van der Waals surface area (Å²) < 4.78 is 168. The normalized spacial score (nSPS) is 19.2. The number of hydrogen-bond acceptors (Lipinski definition) is 4. The highest BCUT2D eigenvalue weighted by Crippen LogP contribution is 2.39. The first kappa shape index (κ1) is 28.9. The molecule has 1 fully saturated rings. The van der Waals surface area contributed by atoms with Gasteiger partial charge in [0.05, 0.1) is 13.2 Å². The average Bonchev–Trinajstić information content (AvgIpc) is 2.71. The van der Waals surface area contributed by atoms with Gasteiger partial charge in [0.15, 0.2) is 0 Å². The van der Waals surface area contributed by atoms with Crippen LogP contribution in [0.25, 0.3) is 0 Å². The number of ether oxygens (including phenoxy) is 4. The summed E-state index contributed by atoms with van der Waals surface area (Å²) >= 11 is 0. The Hall–Kier alpha value is -2.65. The van der Waals surface area contributed by atoms with Crippen molar-refractivity contribution in [2.75, 3.05) is 13.2 Å². The van der Waals surface area contributed by atoms with E-state index >= 15 is 0 Å². The van der Waals surface area contributed by atoms with E-state index < -0.39 is 84.1 Å². The van der Waals surface area contributed by atoms with E-state index in [1.165, 1.54) is 0 Å². The third-order valence-electron chi connectivity index (χ3n) is 4.94. The van der Waals surface area contributed by atoms with Gasteiger partial charge >= 0.3 is 18.4 Å². The fourth-order valence-corrected chi connectivity index (χ4v) is 3.44. The van der Waals surface area contributed by atoms with Crippen molar-refractivity contribution in [3.8, 4) is 5.75 Å². The molecule has 1 heterocycles. The summed E-state index contributed by atoms with van der Waals surface area (Å²) in [6.45, 7) is -0.370. The highest BCUT2D eigenvalue weighted by Gasteiger charge is 2.50. The van der Waals surface area contributed by atoms with Gasteiger partial charge in [-0.2, -0.15) is 30.7 Å². The molecular formula is C22H17F11O4. The minimum Gasteiger partial charge on any atom is -0.429 e. The van der Waals surface area contributed by atoms with Crippen LogP contribution in [0.4, 0.5) is 48.3 Å². The first-order valence-corrected chi connectivity index (χ1v) is 10.5. The van der Waals surface area contributed by atoms with Gasteiger partial charge in [-0.3, -0.25) is 0 Å². The molecule has 0 radical (unpaired) electrons. The van der Waals surface area contributed by atoms with Gasteiger partial charge in [-0.1, -0.05) is 13.3 Å². The lowest BCUT2D eigenvalue weighted by Crippen LogP contribution is -2.50. The Bertz CT molecular complexity index is 1070. The third kappa shape index (κ3) is 6.62. The maximum atomic E-state index is 14.5. The lowest BCUT2D eigenvalue weighted by Gasteiger charge is -2.34. The molecule has 1 aliphatic rings. The van der Waals surface area contributed by atoms with Crippen LogP contribution in [0, 0.1) is 23.3 Å². The SMILES string of the molecule is CCCc1cc(F)c(C(F)(F)OC2COC(C(F)(F)Oc3cc(F)c(C(F)(F)F)c(F)c3)OC2)c(F)c1. The molecule has 2 aromatic rings. The van der Waals surface area contributed by atoms with Crippen molar-refractivity contribution in [3.05, 3.63) is 64.2 Å². The van der Waals surface area contributed by atoms with Crippen LogP contribution in [0.2, 0.25) is 0 Å². The van der Waals surface area contributed by atoms with Crippen LogP contribution < -0.4 is 4.74 Å². The van der Waals surface area contributed by atoms with Crippen molar-refractivity contribution < 1.29 is 67.2 Å². The molecule has 1 aliphatic heterocycles. The Morgan fingerprint density at radius 3 is 1.73 bits per heavy atom.